The van der Waals surface area contributed by atoms with Gasteiger partial charge >= 0.3 is 23.9 Å². The Morgan fingerprint density at radius 1 is 0.500 bits per heavy atom. The van der Waals surface area contributed by atoms with Crippen molar-refractivity contribution in [1.29, 1.82) is 0 Å². The van der Waals surface area contributed by atoms with E-state index in [-0.39, 0.29) is 34.1 Å². The average molecular weight is 436 g/mol. The van der Waals surface area contributed by atoms with Crippen LogP contribution in [0.2, 0.25) is 0 Å². The maximum atomic E-state index is 12.4. The van der Waals surface area contributed by atoms with E-state index in [0.29, 0.717) is 0 Å². The number of carbonyl (C=O) groups excluding carboxylic acids is 4. The van der Waals surface area contributed by atoms with E-state index in [1.807, 2.05) is 12.2 Å². The Kier molecular flexibility index (Phi) is 5.30. The van der Waals surface area contributed by atoms with Crippen LogP contribution in [0.5, 0.6) is 0 Å². The summed E-state index contributed by atoms with van der Waals surface area (Å²) in [5.74, 6) is -3.22. The molecule has 3 aliphatic rings. The van der Waals surface area contributed by atoms with Crippen LogP contribution in [0.15, 0.2) is 36.4 Å². The number of benzene rings is 2. The highest BCUT2D eigenvalue weighted by Gasteiger charge is 2.38. The van der Waals surface area contributed by atoms with E-state index in [1.165, 1.54) is 28.4 Å². The minimum atomic E-state index is -0.657. The van der Waals surface area contributed by atoms with E-state index in [9.17, 15) is 19.2 Å². The fourth-order valence-electron chi connectivity index (χ4n) is 4.43. The molecule has 164 valence electrons. The number of esters is 4. The van der Waals surface area contributed by atoms with Crippen LogP contribution in [0.4, 0.5) is 0 Å². The van der Waals surface area contributed by atoms with Gasteiger partial charge in [-0.1, -0.05) is 12.2 Å². The van der Waals surface area contributed by atoms with Crippen LogP contribution in [0.3, 0.4) is 0 Å². The molecule has 0 aromatic heterocycles. The molecule has 0 fully saturated rings. The van der Waals surface area contributed by atoms with Crippen molar-refractivity contribution < 1.29 is 38.1 Å². The molecule has 5 rings (SSSR count). The summed E-state index contributed by atoms with van der Waals surface area (Å²) in [6.07, 6.45) is 3.93. The summed E-state index contributed by atoms with van der Waals surface area (Å²) in [6.45, 7) is 0. The average Bonchev–Trinajstić information content (AvgIpc) is 2.85. The summed E-state index contributed by atoms with van der Waals surface area (Å²) in [5.41, 5.74) is 3.61. The molecule has 0 N–H and O–H groups in total. The second-order valence-corrected chi connectivity index (χ2v) is 7.36. The Bertz CT molecular complexity index is 1030. The highest BCUT2D eigenvalue weighted by atomic mass is 16.5. The van der Waals surface area contributed by atoms with Gasteiger partial charge in [0.25, 0.3) is 0 Å². The van der Waals surface area contributed by atoms with Crippen LogP contribution in [0.25, 0.3) is 0 Å². The van der Waals surface area contributed by atoms with E-state index in [2.05, 4.69) is 0 Å². The number of allylic oxidation sites excluding steroid dienone is 2. The quantitative estimate of drug-likeness (QED) is 0.409. The third-order valence-corrected chi connectivity index (χ3v) is 5.90. The topological polar surface area (TPSA) is 105 Å². The number of hydrogen-bond donors (Lipinski definition) is 0. The zero-order chi connectivity index (χ0) is 23.2. The molecule has 32 heavy (non-hydrogen) atoms. The SMILES string of the molecule is COC(=O)c1cc2c(cc1C(=O)OC)C1C=CC2c2cc(C(=O)OC)c(C(=O)OC)cc21. The lowest BCUT2D eigenvalue weighted by Crippen LogP contribution is -2.25. The van der Waals surface area contributed by atoms with Crippen molar-refractivity contribution in [2.75, 3.05) is 28.4 Å². The Morgan fingerprint density at radius 2 is 0.719 bits per heavy atom. The van der Waals surface area contributed by atoms with Gasteiger partial charge in [-0.05, 0) is 46.5 Å². The highest BCUT2D eigenvalue weighted by molar-refractivity contribution is 6.05. The van der Waals surface area contributed by atoms with Crippen LogP contribution in [0, 0.1) is 0 Å². The summed E-state index contributed by atoms with van der Waals surface area (Å²) in [4.78, 5) is 49.5. The Hall–Kier alpha value is -3.94. The van der Waals surface area contributed by atoms with E-state index in [1.54, 1.807) is 24.3 Å². The van der Waals surface area contributed by atoms with Gasteiger partial charge < -0.3 is 18.9 Å². The lowest BCUT2D eigenvalue weighted by Gasteiger charge is -2.37. The van der Waals surface area contributed by atoms with Crippen molar-refractivity contribution >= 4 is 23.9 Å². The normalized spacial score (nSPS) is 17.1. The number of rotatable bonds is 4. The summed E-state index contributed by atoms with van der Waals surface area (Å²) >= 11 is 0. The minimum absolute atomic E-state index is 0.0972. The predicted octanol–water partition coefficient (Wildman–Crippen LogP) is 2.98. The lowest BCUT2D eigenvalue weighted by atomic mass is 9.66. The van der Waals surface area contributed by atoms with Gasteiger partial charge in [0, 0.05) is 11.8 Å². The molecule has 0 atom stereocenters. The van der Waals surface area contributed by atoms with E-state index >= 15 is 0 Å². The first-order chi connectivity index (χ1) is 15.4. The van der Waals surface area contributed by atoms with Gasteiger partial charge in [0.1, 0.15) is 0 Å². The number of ether oxygens (including phenoxy) is 4. The molecular formula is C24H20O8. The molecule has 8 heteroatoms. The molecule has 3 aliphatic carbocycles. The summed E-state index contributed by atoms with van der Waals surface area (Å²) in [6, 6.07) is 6.51. The van der Waals surface area contributed by atoms with Crippen molar-refractivity contribution in [3.8, 4) is 0 Å². The van der Waals surface area contributed by atoms with Gasteiger partial charge in [0.05, 0.1) is 50.7 Å². The molecule has 0 aliphatic heterocycles. The zero-order valence-corrected chi connectivity index (χ0v) is 17.9. The molecule has 0 radical (unpaired) electrons. The van der Waals surface area contributed by atoms with Gasteiger partial charge in [-0.2, -0.15) is 0 Å². The zero-order valence-electron chi connectivity index (χ0n) is 17.9. The van der Waals surface area contributed by atoms with Crippen LogP contribution < -0.4 is 0 Å². The Balaban J connectivity index is 1.95. The standard InChI is InChI=1S/C24H20O8/c1-29-21(25)17-7-13-11-5-6-12(14(13)8-18(17)22(26)30-2)16-10-20(24(28)32-4)19(9-15(11)16)23(27)31-3/h5-12H,1-4H3. The Morgan fingerprint density at radius 3 is 0.906 bits per heavy atom. The van der Waals surface area contributed by atoms with Crippen molar-refractivity contribution in [1.82, 2.24) is 0 Å². The summed E-state index contributed by atoms with van der Waals surface area (Å²) in [5, 5.41) is 0. The first kappa shape index (κ1) is 21.3. The minimum Gasteiger partial charge on any atom is -0.465 e. The van der Waals surface area contributed by atoms with Crippen LogP contribution >= 0.6 is 0 Å². The van der Waals surface area contributed by atoms with Gasteiger partial charge in [0.2, 0.25) is 0 Å². The van der Waals surface area contributed by atoms with E-state index < -0.39 is 23.9 Å². The molecule has 0 amide bonds. The van der Waals surface area contributed by atoms with Gasteiger partial charge in [-0.3, -0.25) is 0 Å². The number of methoxy groups -OCH3 is 4. The number of hydrogen-bond acceptors (Lipinski definition) is 8. The van der Waals surface area contributed by atoms with Crippen LogP contribution in [-0.4, -0.2) is 52.3 Å². The largest absolute Gasteiger partial charge is 0.465 e. The molecule has 2 aromatic rings. The molecule has 2 aromatic carbocycles. The molecule has 8 nitrogen and oxygen atoms in total. The van der Waals surface area contributed by atoms with Crippen LogP contribution in [-0.2, 0) is 18.9 Å². The van der Waals surface area contributed by atoms with Gasteiger partial charge in [-0.15, -0.1) is 0 Å². The van der Waals surface area contributed by atoms with Crippen LogP contribution in [0.1, 0.15) is 75.5 Å². The fraction of sp³-hybridized carbons (Fsp3) is 0.250. The van der Waals surface area contributed by atoms with Crippen molar-refractivity contribution in [2.24, 2.45) is 0 Å². The molecule has 0 unspecified atom stereocenters. The first-order valence-corrected chi connectivity index (χ1v) is 9.73. The molecule has 2 bridgehead atoms. The molecule has 0 saturated heterocycles. The maximum Gasteiger partial charge on any atom is 0.338 e. The van der Waals surface area contributed by atoms with Gasteiger partial charge in [-0.25, -0.2) is 19.2 Å². The molecule has 0 heterocycles. The first-order valence-electron chi connectivity index (χ1n) is 9.73. The highest BCUT2D eigenvalue weighted by Crippen LogP contribution is 2.50. The smallest absolute Gasteiger partial charge is 0.338 e. The lowest BCUT2D eigenvalue weighted by molar-refractivity contribution is 0.0554. The Labute approximate surface area is 183 Å². The summed E-state index contributed by atoms with van der Waals surface area (Å²) < 4.78 is 19.4. The summed E-state index contributed by atoms with van der Waals surface area (Å²) in [7, 11) is 4.95. The van der Waals surface area contributed by atoms with E-state index in [4.69, 9.17) is 18.9 Å². The third kappa shape index (κ3) is 3.07. The van der Waals surface area contributed by atoms with Crippen molar-refractivity contribution in [2.45, 2.75) is 11.8 Å². The van der Waals surface area contributed by atoms with Gasteiger partial charge in [0.15, 0.2) is 0 Å². The monoisotopic (exact) mass is 436 g/mol. The predicted molar refractivity (Wildman–Crippen MR) is 111 cm³/mol. The molecular weight excluding hydrogens is 416 g/mol. The fourth-order valence-corrected chi connectivity index (χ4v) is 4.43. The van der Waals surface area contributed by atoms with Crippen molar-refractivity contribution in [3.05, 3.63) is 80.9 Å². The maximum absolute atomic E-state index is 12.4. The molecule has 0 saturated carbocycles. The van der Waals surface area contributed by atoms with Crippen molar-refractivity contribution in [3.63, 3.8) is 0 Å². The second-order valence-electron chi connectivity index (χ2n) is 7.36. The van der Waals surface area contributed by atoms with E-state index in [0.717, 1.165) is 22.3 Å². The third-order valence-electron chi connectivity index (χ3n) is 5.90. The second kappa shape index (κ2) is 7.96. The molecule has 0 spiro atoms. The number of carbonyl (C=O) groups is 4.